The van der Waals surface area contributed by atoms with Gasteiger partial charge in [0.15, 0.2) is 5.75 Å². The highest BCUT2D eigenvalue weighted by molar-refractivity contribution is 7.92. The Morgan fingerprint density at radius 1 is 1.24 bits per heavy atom. The molecular formula is C28H36FN3O5S. The zero-order chi connectivity index (χ0) is 27.7. The SMILES string of the molecule is CCN(CC)CC=Cc1cc(F)ccc1S(=O)(=O)Nc1ccc2c(c1C(=O)OC(C)(C)C)OCC1CCN21. The highest BCUT2D eigenvalue weighted by Crippen LogP contribution is 2.45. The van der Waals surface area contributed by atoms with Gasteiger partial charge in [0.1, 0.15) is 23.6 Å². The van der Waals surface area contributed by atoms with Crippen molar-refractivity contribution in [1.82, 2.24) is 4.90 Å². The Balaban J connectivity index is 1.72. The molecule has 0 amide bonds. The van der Waals surface area contributed by atoms with Crippen LogP contribution in [-0.2, 0) is 14.8 Å². The van der Waals surface area contributed by atoms with Crippen molar-refractivity contribution >= 4 is 33.4 Å². The molecule has 0 radical (unpaired) electrons. The number of benzene rings is 2. The largest absolute Gasteiger partial charge is 0.488 e. The lowest BCUT2D eigenvalue weighted by Crippen LogP contribution is -2.53. The van der Waals surface area contributed by atoms with Gasteiger partial charge >= 0.3 is 5.97 Å². The highest BCUT2D eigenvalue weighted by Gasteiger charge is 2.39. The van der Waals surface area contributed by atoms with Gasteiger partial charge in [-0.2, -0.15) is 0 Å². The second-order valence-corrected chi connectivity index (χ2v) is 12.1. The maximum absolute atomic E-state index is 14.1. The molecule has 1 N–H and O–H groups in total. The summed E-state index contributed by atoms with van der Waals surface area (Å²) in [5, 5.41) is 0. The maximum atomic E-state index is 14.1. The summed E-state index contributed by atoms with van der Waals surface area (Å²) in [6.45, 7) is 12.8. The molecule has 1 fully saturated rings. The summed E-state index contributed by atoms with van der Waals surface area (Å²) in [6, 6.07) is 7.05. The Labute approximate surface area is 224 Å². The molecule has 2 aromatic rings. The van der Waals surface area contributed by atoms with E-state index in [0.717, 1.165) is 37.8 Å². The number of hydrogen-bond acceptors (Lipinski definition) is 7. The number of halogens is 1. The number of fused-ring (bicyclic) bond motifs is 3. The molecule has 38 heavy (non-hydrogen) atoms. The molecule has 0 aromatic heterocycles. The van der Waals surface area contributed by atoms with Crippen molar-refractivity contribution < 1.29 is 27.1 Å². The quantitative estimate of drug-likeness (QED) is 0.448. The number of hydrogen-bond donors (Lipinski definition) is 1. The van der Waals surface area contributed by atoms with Crippen molar-refractivity contribution in [2.75, 3.05) is 42.4 Å². The van der Waals surface area contributed by atoms with Crippen LogP contribution in [-0.4, -0.2) is 63.7 Å². The van der Waals surface area contributed by atoms with Crippen molar-refractivity contribution in [3.05, 3.63) is 53.4 Å². The minimum absolute atomic E-state index is 0.0205. The van der Waals surface area contributed by atoms with Gasteiger partial charge in [-0.15, -0.1) is 0 Å². The van der Waals surface area contributed by atoms with Crippen molar-refractivity contribution in [1.29, 1.82) is 0 Å². The second-order valence-electron chi connectivity index (χ2n) is 10.5. The molecule has 1 saturated heterocycles. The number of nitrogens with one attached hydrogen (secondary N) is 1. The average molecular weight is 546 g/mol. The molecule has 2 aromatic carbocycles. The molecule has 2 aliphatic rings. The Kier molecular flexibility index (Phi) is 8.04. The third-order valence-electron chi connectivity index (χ3n) is 6.67. The van der Waals surface area contributed by atoms with E-state index in [1.807, 2.05) is 19.9 Å². The van der Waals surface area contributed by atoms with E-state index in [2.05, 4.69) is 14.5 Å². The van der Waals surface area contributed by atoms with Crippen LogP contribution < -0.4 is 14.4 Å². The maximum Gasteiger partial charge on any atom is 0.344 e. The molecule has 1 atom stereocenters. The lowest BCUT2D eigenvalue weighted by Gasteiger charge is -2.47. The van der Waals surface area contributed by atoms with Crippen molar-refractivity contribution in [2.45, 2.75) is 57.6 Å². The molecule has 1 unspecified atom stereocenters. The van der Waals surface area contributed by atoms with Crippen LogP contribution in [0.25, 0.3) is 6.08 Å². The van der Waals surface area contributed by atoms with E-state index in [1.165, 1.54) is 12.1 Å². The monoisotopic (exact) mass is 545 g/mol. The number of anilines is 2. The lowest BCUT2D eigenvalue weighted by molar-refractivity contribution is 0.00660. The normalized spacial score (nSPS) is 17.0. The topological polar surface area (TPSA) is 88.2 Å². The van der Waals surface area contributed by atoms with E-state index in [4.69, 9.17) is 9.47 Å². The average Bonchev–Trinajstić information content (AvgIpc) is 2.80. The smallest absolute Gasteiger partial charge is 0.344 e. The molecule has 0 spiro atoms. The summed E-state index contributed by atoms with van der Waals surface area (Å²) in [4.78, 5) is 17.5. The van der Waals surface area contributed by atoms with Crippen molar-refractivity contribution in [3.8, 4) is 5.75 Å². The molecule has 4 rings (SSSR count). The zero-order valence-corrected chi connectivity index (χ0v) is 23.4. The Morgan fingerprint density at radius 2 is 1.97 bits per heavy atom. The van der Waals surface area contributed by atoms with Gasteiger partial charge in [0.2, 0.25) is 0 Å². The first-order chi connectivity index (χ1) is 17.9. The number of likely N-dealkylation sites (N-methyl/N-ethyl adjacent to an activating group) is 1. The van der Waals surface area contributed by atoms with Gasteiger partial charge in [-0.1, -0.05) is 26.0 Å². The first kappa shape index (κ1) is 27.9. The fourth-order valence-corrected chi connectivity index (χ4v) is 5.83. The van der Waals surface area contributed by atoms with Crippen LogP contribution in [0.15, 0.2) is 41.3 Å². The third-order valence-corrected chi connectivity index (χ3v) is 8.11. The number of ether oxygens (including phenoxy) is 2. The van der Waals surface area contributed by atoms with Gasteiger partial charge < -0.3 is 19.3 Å². The number of carbonyl (C=O) groups is 1. The van der Waals surface area contributed by atoms with Crippen LogP contribution in [0.2, 0.25) is 0 Å². The Bertz CT molecular complexity index is 1330. The molecule has 10 heteroatoms. The first-order valence-corrected chi connectivity index (χ1v) is 14.4. The van der Waals surface area contributed by atoms with Gasteiger partial charge in [-0.3, -0.25) is 4.72 Å². The number of sulfonamides is 1. The molecule has 0 saturated carbocycles. The van der Waals surface area contributed by atoms with Crippen LogP contribution in [0.5, 0.6) is 5.75 Å². The summed E-state index contributed by atoms with van der Waals surface area (Å²) < 4.78 is 55.5. The molecule has 0 aliphatic carbocycles. The van der Waals surface area contributed by atoms with Crippen molar-refractivity contribution in [2.24, 2.45) is 0 Å². The molecule has 206 valence electrons. The predicted molar refractivity (Wildman–Crippen MR) is 147 cm³/mol. The summed E-state index contributed by atoms with van der Waals surface area (Å²) in [6.07, 6.45) is 4.40. The van der Waals surface area contributed by atoms with Crippen LogP contribution in [0.3, 0.4) is 0 Å². The van der Waals surface area contributed by atoms with Gasteiger partial charge in [0.25, 0.3) is 10.0 Å². The zero-order valence-electron chi connectivity index (χ0n) is 22.6. The van der Waals surface area contributed by atoms with E-state index in [-0.39, 0.29) is 27.8 Å². The van der Waals surface area contributed by atoms with Gasteiger partial charge in [-0.25, -0.2) is 17.6 Å². The predicted octanol–water partition coefficient (Wildman–Crippen LogP) is 4.91. The first-order valence-electron chi connectivity index (χ1n) is 12.9. The number of esters is 1. The van der Waals surface area contributed by atoms with E-state index in [9.17, 15) is 17.6 Å². The summed E-state index contributed by atoms with van der Waals surface area (Å²) in [5.74, 6) is -0.939. The molecule has 8 nitrogen and oxygen atoms in total. The van der Waals surface area contributed by atoms with E-state index in [1.54, 1.807) is 39.0 Å². The molecule has 2 heterocycles. The van der Waals surface area contributed by atoms with E-state index < -0.39 is 27.4 Å². The minimum Gasteiger partial charge on any atom is -0.488 e. The number of carbonyl (C=O) groups excluding carboxylic acids is 1. The van der Waals surface area contributed by atoms with Crippen LogP contribution in [0, 0.1) is 5.82 Å². The fourth-order valence-electron chi connectivity index (χ4n) is 4.58. The van der Waals surface area contributed by atoms with Gasteiger partial charge in [0, 0.05) is 13.1 Å². The van der Waals surface area contributed by atoms with Gasteiger partial charge in [0.05, 0.1) is 22.3 Å². The standard InChI is InChI=1S/C28H36FN3O5S/c1-6-31(7-2)15-8-9-19-17-20(29)10-13-24(19)38(34,35)30-22-11-12-23-26(36-18-21-14-16-32(21)23)25(22)27(33)37-28(3,4)5/h8-13,17,21,30H,6-7,14-16,18H2,1-5H3. The van der Waals surface area contributed by atoms with E-state index in [0.29, 0.717) is 18.9 Å². The number of rotatable bonds is 9. The summed E-state index contributed by atoms with van der Waals surface area (Å²) in [7, 11) is -4.22. The van der Waals surface area contributed by atoms with Crippen LogP contribution in [0.1, 0.15) is 57.0 Å². The second kappa shape index (κ2) is 10.9. The molecule has 0 bridgehead atoms. The lowest BCUT2D eigenvalue weighted by atomic mass is 9.98. The Hall–Kier alpha value is -3.11. The summed E-state index contributed by atoms with van der Waals surface area (Å²) in [5.41, 5.74) is 0.203. The molecular weight excluding hydrogens is 509 g/mol. The number of nitrogens with zero attached hydrogens (tertiary/aromatic N) is 2. The fraction of sp³-hybridized carbons (Fsp3) is 0.464. The van der Waals surface area contributed by atoms with Crippen molar-refractivity contribution in [3.63, 3.8) is 0 Å². The minimum atomic E-state index is -4.22. The van der Waals surface area contributed by atoms with Crippen LogP contribution >= 0.6 is 0 Å². The summed E-state index contributed by atoms with van der Waals surface area (Å²) >= 11 is 0. The van der Waals surface area contributed by atoms with Crippen LogP contribution in [0.4, 0.5) is 15.8 Å². The van der Waals surface area contributed by atoms with E-state index >= 15 is 0 Å². The highest BCUT2D eigenvalue weighted by atomic mass is 32.2. The van der Waals surface area contributed by atoms with Gasteiger partial charge in [-0.05, 0) is 76.2 Å². The Morgan fingerprint density at radius 3 is 2.61 bits per heavy atom. The third kappa shape index (κ3) is 5.96. The molecule has 2 aliphatic heterocycles.